The van der Waals surface area contributed by atoms with Gasteiger partial charge in [-0.1, -0.05) is 5.92 Å². The Bertz CT molecular complexity index is 812. The van der Waals surface area contributed by atoms with Gasteiger partial charge >= 0.3 is 0 Å². The molecule has 2 aliphatic rings. The van der Waals surface area contributed by atoms with Crippen LogP contribution in [0.5, 0.6) is 0 Å². The first-order chi connectivity index (χ1) is 12.8. The number of hydrogen-bond acceptors (Lipinski definition) is 5. The molecule has 136 valence electrons. The lowest BCUT2D eigenvalue weighted by atomic mass is 9.90. The molecule has 2 aromatic rings. The van der Waals surface area contributed by atoms with E-state index in [2.05, 4.69) is 38.1 Å². The predicted molar refractivity (Wildman–Crippen MR) is 104 cm³/mol. The smallest absolute Gasteiger partial charge is 0.137 e. The Kier molecular flexibility index (Phi) is 5.33. The van der Waals surface area contributed by atoms with Gasteiger partial charge in [0.05, 0.1) is 18.7 Å². The van der Waals surface area contributed by atoms with E-state index in [9.17, 15) is 0 Å². The maximum atomic E-state index is 5.48. The van der Waals surface area contributed by atoms with Crippen molar-refractivity contribution in [2.45, 2.75) is 44.7 Å². The van der Waals surface area contributed by atoms with Gasteiger partial charge in [0.2, 0.25) is 0 Å². The predicted octanol–water partition coefficient (Wildman–Crippen LogP) is 3.06. The first-order valence-corrected chi connectivity index (χ1v) is 9.59. The minimum Gasteiger partial charge on any atom is -0.379 e. The summed E-state index contributed by atoms with van der Waals surface area (Å²) in [5.74, 6) is 7.02. The van der Waals surface area contributed by atoms with E-state index in [-0.39, 0.29) is 0 Å². The summed E-state index contributed by atoms with van der Waals surface area (Å²) in [6.07, 6.45) is 6.50. The highest BCUT2D eigenvalue weighted by atomic mass is 16.5. The van der Waals surface area contributed by atoms with Crippen molar-refractivity contribution in [2.75, 3.05) is 31.6 Å². The highest BCUT2D eigenvalue weighted by Gasteiger charge is 2.27. The molecule has 0 amide bonds. The van der Waals surface area contributed by atoms with Crippen LogP contribution in [0.25, 0.3) is 10.9 Å². The number of hydrogen-bond donors (Lipinski definition) is 1. The van der Waals surface area contributed by atoms with Gasteiger partial charge in [0.15, 0.2) is 0 Å². The van der Waals surface area contributed by atoms with Gasteiger partial charge in [-0.2, -0.15) is 0 Å². The van der Waals surface area contributed by atoms with Crippen molar-refractivity contribution < 1.29 is 4.74 Å². The van der Waals surface area contributed by atoms with Gasteiger partial charge in [0, 0.05) is 36.1 Å². The van der Waals surface area contributed by atoms with E-state index < -0.39 is 0 Å². The van der Waals surface area contributed by atoms with Crippen LogP contribution in [0.2, 0.25) is 0 Å². The number of anilines is 1. The van der Waals surface area contributed by atoms with E-state index in [4.69, 9.17) is 4.74 Å². The van der Waals surface area contributed by atoms with Crippen molar-refractivity contribution >= 4 is 16.7 Å². The number of aromatic nitrogens is 2. The Hall–Kier alpha value is -2.16. The largest absolute Gasteiger partial charge is 0.379 e. The summed E-state index contributed by atoms with van der Waals surface area (Å²) >= 11 is 0. The van der Waals surface area contributed by atoms with E-state index in [1.165, 1.54) is 25.7 Å². The number of fused-ring (bicyclic) bond motifs is 1. The zero-order valence-corrected chi connectivity index (χ0v) is 15.4. The van der Waals surface area contributed by atoms with Crippen LogP contribution in [0, 0.1) is 11.8 Å². The van der Waals surface area contributed by atoms with Crippen LogP contribution in [0.1, 0.15) is 38.2 Å². The van der Waals surface area contributed by atoms with Gasteiger partial charge in [-0.15, -0.1) is 5.92 Å². The minimum absolute atomic E-state index is 0.478. The molecule has 1 aliphatic carbocycles. The fourth-order valence-electron chi connectivity index (χ4n) is 4.12. The third kappa shape index (κ3) is 3.82. The van der Waals surface area contributed by atoms with Crippen molar-refractivity contribution in [1.29, 1.82) is 0 Å². The Balaban J connectivity index is 1.44. The molecule has 26 heavy (non-hydrogen) atoms. The van der Waals surface area contributed by atoms with Gasteiger partial charge < -0.3 is 10.1 Å². The summed E-state index contributed by atoms with van der Waals surface area (Å²) in [6.45, 7) is 5.79. The molecule has 1 aliphatic heterocycles. The fraction of sp³-hybridized carbons (Fsp3) is 0.524. The van der Waals surface area contributed by atoms with Gasteiger partial charge in [-0.3, -0.25) is 4.90 Å². The molecule has 2 heterocycles. The first kappa shape index (κ1) is 17.3. The first-order valence-electron chi connectivity index (χ1n) is 9.59. The number of nitrogens with one attached hydrogen (secondary N) is 1. The van der Waals surface area contributed by atoms with Gasteiger partial charge in [-0.25, -0.2) is 9.97 Å². The lowest BCUT2D eigenvalue weighted by Crippen LogP contribution is -2.46. The Morgan fingerprint density at radius 3 is 2.69 bits per heavy atom. The second-order valence-electron chi connectivity index (χ2n) is 7.13. The average Bonchev–Trinajstić information content (AvgIpc) is 2.70. The molecular formula is C21H26N4O. The lowest BCUT2D eigenvalue weighted by Gasteiger charge is -2.39. The molecule has 1 saturated heterocycles. The summed E-state index contributed by atoms with van der Waals surface area (Å²) in [5.41, 5.74) is 1.97. The summed E-state index contributed by atoms with van der Waals surface area (Å²) in [6, 6.07) is 7.32. The second-order valence-corrected chi connectivity index (χ2v) is 7.13. The topological polar surface area (TPSA) is 50.3 Å². The number of benzene rings is 1. The van der Waals surface area contributed by atoms with Crippen LogP contribution in [-0.4, -0.2) is 53.3 Å². The van der Waals surface area contributed by atoms with Crippen molar-refractivity contribution in [3.63, 3.8) is 0 Å². The van der Waals surface area contributed by atoms with Gasteiger partial charge in [0.1, 0.15) is 12.1 Å². The van der Waals surface area contributed by atoms with Crippen LogP contribution in [0.4, 0.5) is 5.82 Å². The highest BCUT2D eigenvalue weighted by molar-refractivity contribution is 5.90. The van der Waals surface area contributed by atoms with Crippen LogP contribution in [0.3, 0.4) is 0 Å². The molecule has 4 rings (SSSR count). The number of ether oxygens (including phenoxy) is 1. The van der Waals surface area contributed by atoms with Gasteiger partial charge in [0.25, 0.3) is 0 Å². The van der Waals surface area contributed by atoms with E-state index in [1.54, 1.807) is 6.33 Å². The highest BCUT2D eigenvalue weighted by Crippen LogP contribution is 2.28. The molecule has 1 saturated carbocycles. The van der Waals surface area contributed by atoms with E-state index >= 15 is 0 Å². The van der Waals surface area contributed by atoms with Crippen LogP contribution in [-0.2, 0) is 4.74 Å². The molecule has 1 aromatic carbocycles. The van der Waals surface area contributed by atoms with Crippen molar-refractivity contribution in [3.8, 4) is 11.8 Å². The molecule has 5 nitrogen and oxygen atoms in total. The molecule has 5 heteroatoms. The Morgan fingerprint density at radius 1 is 1.12 bits per heavy atom. The van der Waals surface area contributed by atoms with Gasteiger partial charge in [-0.05, 0) is 50.8 Å². The SMILES string of the molecule is CC#Cc1ccc2ncnc(N[C@H]3CC[C@H](N4CCOCC4)CC3)c2c1. The molecule has 0 atom stereocenters. The Labute approximate surface area is 155 Å². The summed E-state index contributed by atoms with van der Waals surface area (Å²) < 4.78 is 5.48. The maximum absolute atomic E-state index is 5.48. The molecule has 2 fully saturated rings. The molecule has 0 spiro atoms. The summed E-state index contributed by atoms with van der Waals surface area (Å²) in [5, 5.41) is 4.73. The summed E-state index contributed by atoms with van der Waals surface area (Å²) in [7, 11) is 0. The van der Waals surface area contributed by atoms with Crippen LogP contribution < -0.4 is 5.32 Å². The standard InChI is InChI=1S/C21H26N4O/c1-2-3-16-4-9-20-19(14-16)21(23-15-22-20)24-17-5-7-18(8-6-17)25-10-12-26-13-11-25/h4,9,14-15,17-18H,5-8,10-13H2,1H3,(H,22,23,24)/t17-,18-. The van der Waals surface area contributed by atoms with Crippen molar-refractivity contribution in [2.24, 2.45) is 0 Å². The molecule has 0 unspecified atom stereocenters. The third-order valence-electron chi connectivity index (χ3n) is 5.50. The molecule has 0 bridgehead atoms. The zero-order chi connectivity index (χ0) is 17.8. The Morgan fingerprint density at radius 2 is 1.92 bits per heavy atom. The monoisotopic (exact) mass is 350 g/mol. The average molecular weight is 350 g/mol. The lowest BCUT2D eigenvalue weighted by molar-refractivity contribution is 0.00791. The summed E-state index contributed by atoms with van der Waals surface area (Å²) in [4.78, 5) is 11.5. The van der Waals surface area contributed by atoms with Crippen LogP contribution in [0.15, 0.2) is 24.5 Å². The number of rotatable bonds is 3. The van der Waals surface area contributed by atoms with E-state index in [1.807, 2.05) is 19.1 Å². The van der Waals surface area contributed by atoms with E-state index in [0.717, 1.165) is 48.6 Å². The maximum Gasteiger partial charge on any atom is 0.137 e. The zero-order valence-electron chi connectivity index (χ0n) is 15.4. The minimum atomic E-state index is 0.478. The number of nitrogens with zero attached hydrogens (tertiary/aromatic N) is 3. The molecular weight excluding hydrogens is 324 g/mol. The fourth-order valence-corrected chi connectivity index (χ4v) is 4.12. The van der Waals surface area contributed by atoms with E-state index in [0.29, 0.717) is 12.1 Å². The molecule has 1 N–H and O–H groups in total. The second kappa shape index (κ2) is 8.03. The molecule has 1 aromatic heterocycles. The quantitative estimate of drug-likeness (QED) is 0.862. The third-order valence-corrected chi connectivity index (χ3v) is 5.50. The van der Waals surface area contributed by atoms with Crippen molar-refractivity contribution in [1.82, 2.24) is 14.9 Å². The van der Waals surface area contributed by atoms with Crippen LogP contribution >= 0.6 is 0 Å². The normalized spacial score (nSPS) is 24.0. The molecule has 0 radical (unpaired) electrons. The number of morpholine rings is 1. The van der Waals surface area contributed by atoms with Crippen molar-refractivity contribution in [3.05, 3.63) is 30.1 Å².